The highest BCUT2D eigenvalue weighted by Gasteiger charge is 2.33. The molecule has 2 amide bonds. The Hall–Kier alpha value is -5.05. The zero-order valence-electron chi connectivity index (χ0n) is 25.4. The zero-order valence-corrected chi connectivity index (χ0v) is 26.2. The predicted molar refractivity (Wildman–Crippen MR) is 164 cm³/mol. The summed E-state index contributed by atoms with van der Waals surface area (Å²) in [6.45, 7) is 0.962. The minimum atomic E-state index is -4.49. The van der Waals surface area contributed by atoms with Gasteiger partial charge in [0.05, 0.1) is 56.0 Å². The molecule has 4 aromatic rings. The maximum Gasteiger partial charge on any atom is 0.416 e. The van der Waals surface area contributed by atoms with Crippen LogP contribution in [0.25, 0.3) is 10.2 Å². The number of hydrogen-bond donors (Lipinski definition) is 1. The zero-order chi connectivity index (χ0) is 33.2. The van der Waals surface area contributed by atoms with Gasteiger partial charge in [0.15, 0.2) is 34.7 Å². The highest BCUT2D eigenvalue weighted by atomic mass is 32.1. The van der Waals surface area contributed by atoms with Crippen molar-refractivity contribution in [3.05, 3.63) is 65.2 Å². The fourth-order valence-electron chi connectivity index (χ4n) is 4.95. The molecule has 2 heterocycles. The molecule has 5 rings (SSSR count). The number of nitrogens with zero attached hydrogens (tertiary/aromatic N) is 3. The summed E-state index contributed by atoms with van der Waals surface area (Å²) in [5.74, 6) is 1.01. The molecule has 0 saturated heterocycles. The molecule has 0 spiro atoms. The number of carbonyl (C=O) groups is 2. The minimum Gasteiger partial charge on any atom is -0.493 e. The molecule has 1 N–H and O–H groups in total. The molecule has 3 aromatic carbocycles. The van der Waals surface area contributed by atoms with E-state index in [2.05, 4.69) is 15.4 Å². The number of aromatic nitrogens is 1. The Morgan fingerprint density at radius 2 is 1.63 bits per heavy atom. The molecule has 1 atom stereocenters. The van der Waals surface area contributed by atoms with Crippen LogP contribution in [0.4, 0.5) is 18.3 Å². The van der Waals surface area contributed by atoms with Gasteiger partial charge >= 0.3 is 6.18 Å². The van der Waals surface area contributed by atoms with Crippen molar-refractivity contribution in [1.82, 2.24) is 9.99 Å². The van der Waals surface area contributed by atoms with Crippen LogP contribution in [-0.2, 0) is 15.8 Å². The van der Waals surface area contributed by atoms with Crippen molar-refractivity contribution >= 4 is 44.2 Å². The first kappa shape index (κ1) is 32.3. The third-order valence-corrected chi connectivity index (χ3v) is 8.06. The summed E-state index contributed by atoms with van der Waals surface area (Å²) in [6, 6.07) is 11.3. The van der Waals surface area contributed by atoms with Crippen molar-refractivity contribution in [1.29, 1.82) is 0 Å². The fraction of sp³-hybridized carbons (Fsp3) is 0.290. The number of benzene rings is 3. The Bertz CT molecular complexity index is 1800. The molecule has 1 aromatic heterocycles. The molecule has 0 aliphatic carbocycles. The first-order valence-electron chi connectivity index (χ1n) is 13.7. The van der Waals surface area contributed by atoms with Gasteiger partial charge in [-0.1, -0.05) is 17.4 Å². The lowest BCUT2D eigenvalue weighted by Crippen LogP contribution is -2.24. The second-order valence-corrected chi connectivity index (χ2v) is 11.0. The quantitative estimate of drug-likeness (QED) is 0.218. The highest BCUT2D eigenvalue weighted by molar-refractivity contribution is 7.22. The molecule has 11 nitrogen and oxygen atoms in total. The topological polar surface area (TPSA) is 121 Å². The van der Waals surface area contributed by atoms with Crippen molar-refractivity contribution in [2.45, 2.75) is 25.6 Å². The smallest absolute Gasteiger partial charge is 0.416 e. The van der Waals surface area contributed by atoms with Crippen molar-refractivity contribution in [3.63, 3.8) is 0 Å². The number of amides is 2. The van der Waals surface area contributed by atoms with Gasteiger partial charge in [0.25, 0.3) is 5.91 Å². The normalized spacial score (nSPS) is 14.6. The van der Waals surface area contributed by atoms with Crippen LogP contribution >= 0.6 is 11.3 Å². The van der Waals surface area contributed by atoms with E-state index in [0.717, 1.165) is 23.5 Å². The monoisotopic (exact) mass is 658 g/mol. The number of anilines is 1. The van der Waals surface area contributed by atoms with Gasteiger partial charge in [-0.05, 0) is 48.0 Å². The van der Waals surface area contributed by atoms with E-state index in [0.29, 0.717) is 51.8 Å². The number of hydrazone groups is 1. The van der Waals surface area contributed by atoms with E-state index in [1.165, 1.54) is 46.4 Å². The number of ether oxygens (including phenoxy) is 5. The second kappa shape index (κ2) is 13.1. The van der Waals surface area contributed by atoms with Crippen molar-refractivity contribution in [3.8, 4) is 28.7 Å². The van der Waals surface area contributed by atoms with E-state index in [1.807, 2.05) is 0 Å². The van der Waals surface area contributed by atoms with Crippen LogP contribution < -0.4 is 29.0 Å². The van der Waals surface area contributed by atoms with Gasteiger partial charge in [0.2, 0.25) is 11.7 Å². The molecule has 242 valence electrons. The van der Waals surface area contributed by atoms with Gasteiger partial charge < -0.3 is 23.7 Å². The summed E-state index contributed by atoms with van der Waals surface area (Å²) in [4.78, 5) is 29.6. The number of hydrogen-bond acceptors (Lipinski definition) is 10. The van der Waals surface area contributed by atoms with Crippen molar-refractivity contribution in [2.24, 2.45) is 5.10 Å². The van der Waals surface area contributed by atoms with Gasteiger partial charge in [-0.15, -0.1) is 0 Å². The average molecular weight is 659 g/mol. The van der Waals surface area contributed by atoms with Crippen LogP contribution in [0.15, 0.2) is 53.6 Å². The summed E-state index contributed by atoms with van der Waals surface area (Å²) in [6.07, 6.45) is -4.15. The van der Waals surface area contributed by atoms with Gasteiger partial charge in [0, 0.05) is 18.9 Å². The van der Waals surface area contributed by atoms with E-state index in [9.17, 15) is 22.8 Å². The minimum absolute atomic E-state index is 0.128. The first-order valence-corrected chi connectivity index (χ1v) is 14.5. The molecule has 1 aliphatic rings. The van der Waals surface area contributed by atoms with Crippen LogP contribution in [0.3, 0.4) is 0 Å². The molecule has 1 aliphatic heterocycles. The maximum atomic E-state index is 13.1. The Morgan fingerprint density at radius 1 is 0.935 bits per heavy atom. The summed E-state index contributed by atoms with van der Waals surface area (Å²) >= 11 is 0.916. The average Bonchev–Trinajstić information content (AvgIpc) is 3.66. The SMILES string of the molecule is COc1ccc(C2CC(c3cc(OC)c(OC)c(OC)c3)=NN2C(C)=O)cc1OCC(=O)Nc1nc2ccc(C(F)(F)F)cc2s1. The second-order valence-electron chi connectivity index (χ2n) is 9.99. The van der Waals surface area contributed by atoms with Crippen molar-refractivity contribution in [2.75, 3.05) is 40.4 Å². The standard InChI is InChI=1S/C31H29F3N4O7S/c1-16(39)38-22(14-21(37-38)18-11-25(42-3)29(44-5)26(12-18)43-4)17-6-9-23(41-2)24(10-17)45-15-28(40)36-30-35-20-8-7-19(31(32,33)34)13-27(20)46-30/h6-13,22H,14-15H2,1-5H3,(H,35,36,40). The number of nitrogens with one attached hydrogen (secondary N) is 1. The van der Waals surface area contributed by atoms with Crippen LogP contribution in [-0.4, -0.2) is 62.6 Å². The lowest BCUT2D eigenvalue weighted by atomic mass is 9.97. The third kappa shape index (κ3) is 6.63. The summed E-state index contributed by atoms with van der Waals surface area (Å²) < 4.78 is 67.1. The number of carbonyl (C=O) groups excluding carboxylic acids is 2. The Balaban J connectivity index is 1.33. The number of alkyl halides is 3. The molecule has 1 unspecified atom stereocenters. The summed E-state index contributed by atoms with van der Waals surface area (Å²) in [5.41, 5.74) is 1.47. The van der Waals surface area contributed by atoms with E-state index < -0.39 is 30.3 Å². The number of methoxy groups -OCH3 is 4. The molecular weight excluding hydrogens is 629 g/mol. The summed E-state index contributed by atoms with van der Waals surface area (Å²) in [5, 5.41) is 8.65. The maximum absolute atomic E-state index is 13.1. The van der Waals surface area contributed by atoms with Gasteiger partial charge in [-0.25, -0.2) is 9.99 Å². The fourth-order valence-corrected chi connectivity index (χ4v) is 5.87. The lowest BCUT2D eigenvalue weighted by molar-refractivity contribution is -0.137. The molecule has 15 heteroatoms. The van der Waals surface area contributed by atoms with Gasteiger partial charge in [0.1, 0.15) is 0 Å². The number of rotatable bonds is 10. The van der Waals surface area contributed by atoms with Crippen LogP contribution in [0.2, 0.25) is 0 Å². The number of halogens is 3. The van der Waals surface area contributed by atoms with E-state index in [1.54, 1.807) is 30.3 Å². The molecule has 46 heavy (non-hydrogen) atoms. The Labute approximate surface area is 265 Å². The molecular formula is C31H29F3N4O7S. The lowest BCUT2D eigenvalue weighted by Gasteiger charge is -2.21. The van der Waals surface area contributed by atoms with Crippen LogP contribution in [0.5, 0.6) is 28.7 Å². The third-order valence-electron chi connectivity index (χ3n) is 7.12. The molecule has 0 saturated carbocycles. The Kier molecular flexibility index (Phi) is 9.23. The van der Waals surface area contributed by atoms with Crippen LogP contribution in [0.1, 0.15) is 36.1 Å². The predicted octanol–water partition coefficient (Wildman–Crippen LogP) is 6.06. The van der Waals surface area contributed by atoms with Crippen LogP contribution in [0, 0.1) is 0 Å². The van der Waals surface area contributed by atoms with Gasteiger partial charge in [-0.2, -0.15) is 18.3 Å². The highest BCUT2D eigenvalue weighted by Crippen LogP contribution is 2.42. The largest absolute Gasteiger partial charge is 0.493 e. The number of fused-ring (bicyclic) bond motifs is 1. The Morgan fingerprint density at radius 3 is 2.24 bits per heavy atom. The first-order chi connectivity index (χ1) is 21.9. The number of thiazole rings is 1. The molecule has 0 bridgehead atoms. The summed E-state index contributed by atoms with van der Waals surface area (Å²) in [7, 11) is 5.97. The van der Waals surface area contributed by atoms with Crippen molar-refractivity contribution < 1.29 is 46.4 Å². The molecule has 0 radical (unpaired) electrons. The molecule has 0 fully saturated rings. The van der Waals surface area contributed by atoms with E-state index in [-0.39, 0.29) is 21.5 Å². The van der Waals surface area contributed by atoms with E-state index >= 15 is 0 Å². The van der Waals surface area contributed by atoms with E-state index in [4.69, 9.17) is 23.7 Å². The van der Waals surface area contributed by atoms with Gasteiger partial charge in [-0.3, -0.25) is 14.9 Å².